The zero-order chi connectivity index (χ0) is 58.4. The quantitative estimate of drug-likeness (QED) is 0.0228. The topological polar surface area (TPSA) is 166 Å². The summed E-state index contributed by atoms with van der Waals surface area (Å²) in [4.78, 5) is 53.2. The molecule has 2 N–H and O–H groups in total. The predicted octanol–water partition coefficient (Wildman–Crippen LogP) is 14.6. The van der Waals surface area contributed by atoms with Gasteiger partial charge in [0.1, 0.15) is 49.7 Å². The van der Waals surface area contributed by atoms with Gasteiger partial charge >= 0.3 is 24.1 Å². The van der Waals surface area contributed by atoms with E-state index in [1.165, 1.54) is 0 Å². The lowest BCUT2D eigenvalue weighted by Crippen LogP contribution is -2.45. The average molecular weight is 1120 g/mol. The van der Waals surface area contributed by atoms with Crippen LogP contribution in [0.4, 0.5) is 9.59 Å². The molecular weight excluding hydrogens is 1040 g/mol. The predicted molar refractivity (Wildman–Crippen MR) is 318 cm³/mol. The second kappa shape index (κ2) is 33.7. The van der Waals surface area contributed by atoms with Gasteiger partial charge < -0.3 is 48.5 Å². The summed E-state index contributed by atoms with van der Waals surface area (Å²) in [5.74, 6) is 1.07. The Balaban J connectivity index is 0.909. The first-order valence-electron chi connectivity index (χ1n) is 28.8. The highest BCUT2D eigenvalue weighted by Gasteiger charge is 2.28. The third-order valence-electron chi connectivity index (χ3n) is 12.8. The normalized spacial score (nSPS) is 12.0. The van der Waals surface area contributed by atoms with E-state index in [-0.39, 0.29) is 26.1 Å². The van der Waals surface area contributed by atoms with Crippen LogP contribution in [-0.4, -0.2) is 60.6 Å². The molecule has 0 saturated heterocycles. The van der Waals surface area contributed by atoms with E-state index < -0.39 is 47.4 Å². The third kappa shape index (κ3) is 24.8. The number of esters is 2. The summed E-state index contributed by atoms with van der Waals surface area (Å²) in [7, 11) is 0. The van der Waals surface area contributed by atoms with Gasteiger partial charge in [-0.05, 0) is 112 Å². The summed E-state index contributed by atoms with van der Waals surface area (Å²) in [5, 5.41) is 5.50. The second-order valence-corrected chi connectivity index (χ2v) is 22.3. The van der Waals surface area contributed by atoms with Crippen LogP contribution in [0, 0.1) is 0 Å². The maximum atomic E-state index is 13.6. The van der Waals surface area contributed by atoms with E-state index in [0.29, 0.717) is 62.3 Å². The van der Waals surface area contributed by atoms with Crippen LogP contribution in [0.3, 0.4) is 0 Å². The highest BCUT2D eigenvalue weighted by molar-refractivity contribution is 5.82. The van der Waals surface area contributed by atoms with Crippen molar-refractivity contribution < 1.29 is 57.1 Å². The lowest BCUT2D eigenvalue weighted by Gasteiger charge is -2.23. The first-order chi connectivity index (χ1) is 39.5. The van der Waals surface area contributed by atoms with Gasteiger partial charge in [0.2, 0.25) is 0 Å². The standard InChI is InChI=1S/C68H84N2O12/c1-67(2,3)81-65(73)69-57(43-55-37-39-59(77-47-51-29-19-15-20-30-51)61(45-55)79-49-53-33-23-17-24-34-53)63(71)75-41-27-13-11-9-7-8-10-12-14-28-42-76-64(72)58(70-66(74)82-68(4,5)6)44-56-38-40-60(78-48-52-31-21-16-22-32-52)62(46-56)80-50-54-35-25-18-26-36-54/h15-26,29-40,45-46,57-58H,7-14,27-28,41-44,47-50H2,1-6H3,(H,69,73)(H,70,74)/t57-,58-/m0/s1. The van der Waals surface area contributed by atoms with E-state index >= 15 is 0 Å². The molecular formula is C68H84N2O12. The minimum atomic E-state index is -1.00. The Kier molecular flexibility index (Phi) is 26.0. The largest absolute Gasteiger partial charge is 0.485 e. The number of rotatable bonds is 33. The van der Waals surface area contributed by atoms with Crippen LogP contribution < -0.4 is 29.6 Å². The van der Waals surface area contributed by atoms with Crippen LogP contribution >= 0.6 is 0 Å². The van der Waals surface area contributed by atoms with Gasteiger partial charge in [-0.25, -0.2) is 19.2 Å². The zero-order valence-electron chi connectivity index (χ0n) is 48.8. The SMILES string of the molecule is CC(C)(C)OC(=O)N[C@@H](Cc1ccc(OCc2ccccc2)c(OCc2ccccc2)c1)C(=O)OCCCCCCCCCCCCOC(=O)[C@H](Cc1ccc(OCc2ccccc2)c(OCc2ccccc2)c1)NC(=O)OC(C)(C)C. The van der Waals surface area contributed by atoms with Gasteiger partial charge in [-0.2, -0.15) is 0 Å². The number of nitrogens with one attached hydrogen (secondary N) is 2. The van der Waals surface area contributed by atoms with E-state index in [9.17, 15) is 19.2 Å². The van der Waals surface area contributed by atoms with Crippen LogP contribution in [0.2, 0.25) is 0 Å². The monoisotopic (exact) mass is 1120 g/mol. The molecule has 0 fully saturated rings. The molecule has 0 aliphatic carbocycles. The molecule has 0 saturated carbocycles. The van der Waals surface area contributed by atoms with Crippen molar-refractivity contribution in [2.75, 3.05) is 13.2 Å². The molecule has 14 nitrogen and oxygen atoms in total. The smallest absolute Gasteiger partial charge is 0.408 e. The second-order valence-electron chi connectivity index (χ2n) is 22.3. The Morgan fingerprint density at radius 3 is 0.927 bits per heavy atom. The molecule has 0 aliphatic heterocycles. The summed E-state index contributed by atoms with van der Waals surface area (Å²) < 4.78 is 47.5. The molecule has 0 spiro atoms. The molecule has 14 heteroatoms. The van der Waals surface area contributed by atoms with Crippen molar-refractivity contribution >= 4 is 24.1 Å². The molecule has 0 bridgehead atoms. The number of ether oxygens (including phenoxy) is 8. The van der Waals surface area contributed by atoms with Crippen molar-refractivity contribution in [2.24, 2.45) is 0 Å². The van der Waals surface area contributed by atoms with Crippen LogP contribution in [0.25, 0.3) is 0 Å². The number of amides is 2. The van der Waals surface area contributed by atoms with Crippen molar-refractivity contribution in [3.63, 3.8) is 0 Å². The van der Waals surface area contributed by atoms with Gasteiger partial charge in [-0.15, -0.1) is 0 Å². The van der Waals surface area contributed by atoms with Gasteiger partial charge in [0.05, 0.1) is 13.2 Å². The fraction of sp³-hybridized carbons (Fsp3) is 0.412. The maximum Gasteiger partial charge on any atom is 0.408 e. The Bertz CT molecular complexity index is 2640. The summed E-state index contributed by atoms with van der Waals surface area (Å²) in [5.41, 5.74) is 3.98. The molecule has 6 aromatic rings. The Morgan fingerprint density at radius 2 is 0.634 bits per heavy atom. The molecule has 2 atom stereocenters. The Hall–Kier alpha value is -8.00. The van der Waals surface area contributed by atoms with Crippen molar-refractivity contribution in [1.29, 1.82) is 0 Å². The highest BCUT2D eigenvalue weighted by Crippen LogP contribution is 2.33. The number of carbonyl (C=O) groups is 4. The van der Waals surface area contributed by atoms with E-state index in [1.54, 1.807) is 41.5 Å². The van der Waals surface area contributed by atoms with E-state index in [1.807, 2.05) is 158 Å². The number of benzene rings is 6. The molecule has 438 valence electrons. The lowest BCUT2D eigenvalue weighted by atomic mass is 10.0. The molecule has 6 rings (SSSR count). The van der Waals surface area contributed by atoms with Crippen molar-refractivity contribution in [3.8, 4) is 23.0 Å². The zero-order valence-corrected chi connectivity index (χ0v) is 48.8. The minimum Gasteiger partial charge on any atom is -0.485 e. The summed E-state index contributed by atoms with van der Waals surface area (Å²) in [6.45, 7) is 12.4. The minimum absolute atomic E-state index is 0.147. The van der Waals surface area contributed by atoms with Gasteiger partial charge in [0.25, 0.3) is 0 Å². The number of unbranched alkanes of at least 4 members (excludes halogenated alkanes) is 9. The Morgan fingerprint density at radius 1 is 0.354 bits per heavy atom. The average Bonchev–Trinajstić information content (AvgIpc) is 3.50. The van der Waals surface area contributed by atoms with Gasteiger partial charge in [0, 0.05) is 12.8 Å². The van der Waals surface area contributed by atoms with Crippen LogP contribution in [0.15, 0.2) is 158 Å². The summed E-state index contributed by atoms with van der Waals surface area (Å²) in [6.07, 6.45) is 8.37. The number of alkyl carbamates (subject to hydrolysis) is 2. The molecule has 0 unspecified atom stereocenters. The molecule has 0 aliphatic rings. The van der Waals surface area contributed by atoms with Gasteiger partial charge in [0.15, 0.2) is 23.0 Å². The first-order valence-corrected chi connectivity index (χ1v) is 28.8. The van der Waals surface area contributed by atoms with Gasteiger partial charge in [-0.1, -0.05) is 185 Å². The number of carbonyl (C=O) groups excluding carboxylic acids is 4. The van der Waals surface area contributed by atoms with Crippen LogP contribution in [-0.2, 0) is 67.8 Å². The lowest BCUT2D eigenvalue weighted by molar-refractivity contribution is -0.147. The van der Waals surface area contributed by atoms with Gasteiger partial charge in [-0.3, -0.25) is 0 Å². The molecule has 0 heterocycles. The number of hydrogen-bond donors (Lipinski definition) is 2. The van der Waals surface area contributed by atoms with E-state index in [2.05, 4.69) is 10.6 Å². The van der Waals surface area contributed by atoms with Crippen LogP contribution in [0.5, 0.6) is 23.0 Å². The van der Waals surface area contributed by atoms with Crippen LogP contribution in [0.1, 0.15) is 139 Å². The molecule has 0 radical (unpaired) electrons. The fourth-order valence-electron chi connectivity index (χ4n) is 8.69. The van der Waals surface area contributed by atoms with Crippen molar-refractivity contribution in [2.45, 2.75) is 168 Å². The molecule has 6 aromatic carbocycles. The van der Waals surface area contributed by atoms with Crippen molar-refractivity contribution in [3.05, 3.63) is 191 Å². The maximum absolute atomic E-state index is 13.6. The number of hydrogen-bond acceptors (Lipinski definition) is 12. The van der Waals surface area contributed by atoms with Crippen molar-refractivity contribution in [1.82, 2.24) is 10.6 Å². The molecule has 0 aromatic heterocycles. The highest BCUT2D eigenvalue weighted by atomic mass is 16.6. The van der Waals surface area contributed by atoms with E-state index in [4.69, 9.17) is 37.9 Å². The Labute approximate surface area is 485 Å². The first kappa shape index (κ1) is 63.2. The third-order valence-corrected chi connectivity index (χ3v) is 12.8. The molecule has 2 amide bonds. The summed E-state index contributed by atoms with van der Waals surface area (Å²) in [6, 6.07) is 48.5. The van der Waals surface area contributed by atoms with E-state index in [0.717, 1.165) is 84.7 Å². The summed E-state index contributed by atoms with van der Waals surface area (Å²) >= 11 is 0. The molecule has 82 heavy (non-hydrogen) atoms. The fourth-order valence-corrected chi connectivity index (χ4v) is 8.69.